The summed E-state index contributed by atoms with van der Waals surface area (Å²) in [6, 6.07) is 0. The van der Waals surface area contributed by atoms with Crippen molar-refractivity contribution in [1.29, 1.82) is 0 Å². The molecule has 0 saturated carbocycles. The summed E-state index contributed by atoms with van der Waals surface area (Å²) in [7, 11) is 0. The molecule has 2 radical (unpaired) electrons. The van der Waals surface area contributed by atoms with E-state index in [1.54, 1.807) is 0 Å². The molecule has 0 nitrogen and oxygen atoms in total. The zero-order chi connectivity index (χ0) is 0. The van der Waals surface area contributed by atoms with Crippen LogP contribution in [0.15, 0.2) is 0 Å². The summed E-state index contributed by atoms with van der Waals surface area (Å²) in [5, 5.41) is 0. The standard InChI is InChI=1S/Ce.3S.Sm/q+3;3*-2;+3. The van der Waals surface area contributed by atoms with E-state index in [1.807, 2.05) is 0 Å². The van der Waals surface area contributed by atoms with Crippen LogP contribution in [0, 0.1) is 82.1 Å². The molecule has 0 atom stereocenters. The maximum absolute atomic E-state index is 0. The molecule has 0 aromatic heterocycles. The van der Waals surface area contributed by atoms with Gasteiger partial charge in [0.05, 0.1) is 0 Å². The number of hydrogen-bond acceptors (Lipinski definition) is 0. The first-order valence-corrected chi connectivity index (χ1v) is 0. The molecule has 0 heterocycles. The van der Waals surface area contributed by atoms with Gasteiger partial charge in [-0.05, 0) is 0 Å². The van der Waals surface area contributed by atoms with E-state index >= 15 is 0 Å². The molecule has 0 aliphatic carbocycles. The van der Waals surface area contributed by atoms with Gasteiger partial charge in [-0.15, -0.1) is 0 Å². The van der Waals surface area contributed by atoms with Gasteiger partial charge in [0.15, 0.2) is 0 Å². The molecule has 0 aliphatic rings. The van der Waals surface area contributed by atoms with Gasteiger partial charge < -0.3 is 40.5 Å². The summed E-state index contributed by atoms with van der Waals surface area (Å²) in [4.78, 5) is 0. The zero-order valence-electron chi connectivity index (χ0n) is 2.13. The van der Waals surface area contributed by atoms with E-state index in [0.29, 0.717) is 0 Å². The van der Waals surface area contributed by atoms with Crippen LogP contribution in [0.3, 0.4) is 0 Å². The van der Waals surface area contributed by atoms with E-state index in [0.717, 1.165) is 0 Å². The Hall–Kier alpha value is 3.76. The van der Waals surface area contributed by atoms with Gasteiger partial charge in [-0.1, -0.05) is 0 Å². The number of rotatable bonds is 0. The third-order valence-electron chi connectivity index (χ3n) is 0. The Bertz CT molecular complexity index is 6.85. The van der Waals surface area contributed by atoms with Crippen LogP contribution in [-0.4, -0.2) is 0 Å². The van der Waals surface area contributed by atoms with E-state index in [1.165, 1.54) is 0 Å². The van der Waals surface area contributed by atoms with Crippen molar-refractivity contribution >= 4 is 40.5 Å². The topological polar surface area (TPSA) is 0 Å². The smallest absolute Gasteiger partial charge is 2.00 e. The Balaban J connectivity index is 0. The molecule has 5 heavy (non-hydrogen) atoms. The maximum Gasteiger partial charge on any atom is 3.00 e. The average Bonchev–Trinajstić information content (AvgIpc) is 0. The van der Waals surface area contributed by atoms with Crippen LogP contribution in [0.5, 0.6) is 0 Å². The third kappa shape index (κ3) is 18.2. The van der Waals surface area contributed by atoms with Gasteiger partial charge in [-0.25, -0.2) is 0 Å². The maximum atomic E-state index is 0. The molecule has 0 amide bonds. The molecule has 0 N–H and O–H groups in total. The van der Waals surface area contributed by atoms with Crippen LogP contribution in [0.4, 0.5) is 0 Å². The second-order valence-corrected chi connectivity index (χ2v) is 0. The first kappa shape index (κ1) is 37.3. The fourth-order valence-corrected chi connectivity index (χ4v) is 0. The van der Waals surface area contributed by atoms with Gasteiger partial charge in [0.1, 0.15) is 0 Å². The van der Waals surface area contributed by atoms with Gasteiger partial charge >= 0.3 is 82.1 Å². The SMILES string of the molecule is [Ce+3].[S-2].[S-2].[S-2].[Sm+3]. The van der Waals surface area contributed by atoms with Crippen molar-refractivity contribution in [3.05, 3.63) is 0 Å². The summed E-state index contributed by atoms with van der Waals surface area (Å²) in [5.41, 5.74) is 0. The van der Waals surface area contributed by atoms with Crippen molar-refractivity contribution < 1.29 is 82.1 Å². The molecule has 0 aromatic carbocycles. The minimum atomic E-state index is 0. The largest absolute Gasteiger partial charge is 3.00 e. The molecular weight excluding hydrogens is 387 g/mol. The van der Waals surface area contributed by atoms with Crippen LogP contribution in [0.25, 0.3) is 0 Å². The molecule has 0 saturated heterocycles. The van der Waals surface area contributed by atoms with E-state index in [2.05, 4.69) is 0 Å². The van der Waals surface area contributed by atoms with E-state index in [9.17, 15) is 0 Å². The van der Waals surface area contributed by atoms with Crippen molar-refractivity contribution in [3.63, 3.8) is 0 Å². The quantitative estimate of drug-likeness (QED) is 0.550. The predicted octanol–water partition coefficient (Wildman–Crippen LogP) is -0.00720. The molecule has 0 bridgehead atoms. The third-order valence-corrected chi connectivity index (χ3v) is 0. The zero-order valence-corrected chi connectivity index (χ0v) is 10.3. The summed E-state index contributed by atoms with van der Waals surface area (Å²) in [6.45, 7) is 0. The minimum absolute atomic E-state index is 0. The summed E-state index contributed by atoms with van der Waals surface area (Å²) < 4.78 is 0. The van der Waals surface area contributed by atoms with E-state index < -0.39 is 0 Å². The molecule has 0 aliphatic heterocycles. The first-order chi connectivity index (χ1) is 0. The summed E-state index contributed by atoms with van der Waals surface area (Å²) >= 11 is 0. The molecule has 0 unspecified atom stereocenters. The van der Waals surface area contributed by atoms with Crippen molar-refractivity contribution in [1.82, 2.24) is 0 Å². The molecule has 0 fully saturated rings. The monoisotopic (exact) mass is 388 g/mol. The van der Waals surface area contributed by atoms with E-state index in [-0.39, 0.29) is 123 Å². The van der Waals surface area contributed by atoms with Gasteiger partial charge in [0.25, 0.3) is 0 Å². The Morgan fingerprint density at radius 3 is 0.600 bits per heavy atom. The second kappa shape index (κ2) is 25.1. The van der Waals surface area contributed by atoms with Gasteiger partial charge in [-0.3, -0.25) is 0 Å². The predicted molar refractivity (Wildman–Crippen MR) is 22.1 cm³/mol. The Morgan fingerprint density at radius 1 is 0.600 bits per heavy atom. The molecule has 0 rings (SSSR count). The number of hydrogen-bond donors (Lipinski definition) is 0. The minimum Gasteiger partial charge on any atom is -2.00 e. The Labute approximate surface area is 119 Å². The molecule has 0 spiro atoms. The fourth-order valence-electron chi connectivity index (χ4n) is 0. The first-order valence-electron chi connectivity index (χ1n) is 0. The van der Waals surface area contributed by atoms with Crippen molar-refractivity contribution in [2.45, 2.75) is 0 Å². The molecule has 0 aromatic rings. The summed E-state index contributed by atoms with van der Waals surface area (Å²) in [5.74, 6) is 0. The fraction of sp³-hybridized carbons (Fsp3) is 0. The van der Waals surface area contributed by atoms with Crippen molar-refractivity contribution in [2.75, 3.05) is 0 Å². The summed E-state index contributed by atoms with van der Waals surface area (Å²) in [6.07, 6.45) is 0. The van der Waals surface area contributed by atoms with E-state index in [4.69, 9.17) is 0 Å². The van der Waals surface area contributed by atoms with Gasteiger partial charge in [0, 0.05) is 0 Å². The van der Waals surface area contributed by atoms with Crippen LogP contribution in [0.1, 0.15) is 0 Å². The van der Waals surface area contributed by atoms with Gasteiger partial charge in [0.2, 0.25) is 0 Å². The van der Waals surface area contributed by atoms with Crippen molar-refractivity contribution in [3.8, 4) is 0 Å². The van der Waals surface area contributed by atoms with Crippen LogP contribution >= 0.6 is 0 Å². The van der Waals surface area contributed by atoms with Crippen molar-refractivity contribution in [2.24, 2.45) is 0 Å². The van der Waals surface area contributed by atoms with Crippen LogP contribution in [0.2, 0.25) is 0 Å². The second-order valence-electron chi connectivity index (χ2n) is 0. The molecular formula is CeS3Sm. The Morgan fingerprint density at radius 2 is 0.600 bits per heavy atom. The van der Waals surface area contributed by atoms with Gasteiger partial charge in [-0.2, -0.15) is 0 Å². The van der Waals surface area contributed by atoms with Crippen LogP contribution in [-0.2, 0) is 40.5 Å². The normalized spacial score (nSPS) is 0. The Kier molecular flexibility index (Phi) is 187. The molecule has 28 valence electrons. The average molecular weight is 387 g/mol. The molecule has 5 heteroatoms. The van der Waals surface area contributed by atoms with Crippen LogP contribution < -0.4 is 0 Å².